The van der Waals surface area contributed by atoms with E-state index >= 15 is 0 Å². The molecule has 19 heteroatoms. The van der Waals surface area contributed by atoms with Crippen molar-refractivity contribution >= 4 is 48.5 Å². The first kappa shape index (κ1) is 116. The molecule has 0 atom stereocenters. The molecular formula is C119H159N15O3S. The van der Waals surface area contributed by atoms with Crippen molar-refractivity contribution in [1.82, 2.24) is 74.8 Å². The summed E-state index contributed by atoms with van der Waals surface area (Å²) in [5, 5.41) is 2.43. The molecule has 0 spiro atoms. The Morgan fingerprint density at radius 2 is 0.667 bits per heavy atom. The van der Waals surface area contributed by atoms with Crippen LogP contribution in [-0.4, -0.2) is 94.7 Å². The molecule has 0 radical (unpaired) electrons. The molecule has 18 nitrogen and oxygen atoms in total. The molecule has 11 heterocycles. The maximum absolute atomic E-state index is 11.6. The van der Waals surface area contributed by atoms with Gasteiger partial charge in [-0.05, 0) is 163 Å². The molecule has 0 fully saturated rings. The van der Waals surface area contributed by atoms with E-state index < -0.39 is 9.84 Å². The predicted octanol–water partition coefficient (Wildman–Crippen LogP) is 29.2. The Morgan fingerprint density at radius 3 is 1.11 bits per heavy atom. The summed E-state index contributed by atoms with van der Waals surface area (Å²) in [6, 6.07) is 64.6. The number of carbonyl (C=O) groups excluding carboxylic acids is 1. The lowest BCUT2D eigenvalue weighted by Crippen LogP contribution is -2.14. The molecule has 0 N–H and O–H groups in total. The number of hydrogen-bond donors (Lipinski definition) is 0. The van der Waals surface area contributed by atoms with Crippen LogP contribution in [0.25, 0.3) is 32.8 Å². The number of para-hydroxylation sites is 3. The quantitative estimate of drug-likeness (QED) is 0.137. The van der Waals surface area contributed by atoms with E-state index in [1.54, 1.807) is 74.2 Å². The highest BCUT2D eigenvalue weighted by Gasteiger charge is 2.34. The molecule has 0 saturated carbocycles. The van der Waals surface area contributed by atoms with Crippen molar-refractivity contribution < 1.29 is 13.2 Å². The highest BCUT2D eigenvalue weighted by Crippen LogP contribution is 2.34. The third kappa shape index (κ3) is 41.5. The molecule has 138 heavy (non-hydrogen) atoms. The molecule has 1 aliphatic heterocycles. The Kier molecular flexibility index (Phi) is 42.8. The van der Waals surface area contributed by atoms with Crippen LogP contribution in [0.5, 0.6) is 0 Å². The lowest BCUT2D eigenvalue weighted by atomic mass is 9.86. The van der Waals surface area contributed by atoms with Gasteiger partial charge in [0.05, 0.1) is 38.4 Å². The first-order valence-electron chi connectivity index (χ1n) is 47.5. The number of carbonyl (C=O) groups is 1. The molecule has 0 bridgehead atoms. The maximum atomic E-state index is 11.6. The van der Waals surface area contributed by atoms with E-state index in [1.165, 1.54) is 38.6 Å². The third-order valence-corrected chi connectivity index (χ3v) is 23.0. The lowest BCUT2D eigenvalue weighted by molar-refractivity contribution is 0.102. The smallest absolute Gasteiger partial charge is 0.186 e. The molecule has 15 aromatic rings. The minimum atomic E-state index is -3.37. The van der Waals surface area contributed by atoms with Crippen molar-refractivity contribution in [2.45, 2.75) is 319 Å². The van der Waals surface area contributed by atoms with Gasteiger partial charge in [-0.25, -0.2) is 43.3 Å². The predicted molar refractivity (Wildman–Crippen MR) is 578 cm³/mol. The van der Waals surface area contributed by atoms with Gasteiger partial charge < -0.3 is 0 Å². The fraction of sp³-hybridized carbons (Fsp3) is 0.412. The van der Waals surface area contributed by atoms with Gasteiger partial charge in [0.15, 0.2) is 15.6 Å². The molecule has 16 rings (SSSR count). The molecule has 0 unspecified atom stereocenters. The first-order valence-corrected chi connectivity index (χ1v) is 49.1. The van der Waals surface area contributed by atoms with Crippen molar-refractivity contribution in [2.75, 3.05) is 5.75 Å². The van der Waals surface area contributed by atoms with Gasteiger partial charge >= 0.3 is 0 Å². The number of Topliss-reactive ketones (excluding diaryl/α,β-unsaturated/α-hetero) is 1. The molecule has 0 amide bonds. The van der Waals surface area contributed by atoms with Crippen LogP contribution < -0.4 is 0 Å². The van der Waals surface area contributed by atoms with Crippen molar-refractivity contribution in [2.24, 2.45) is 0 Å². The number of fused-ring (bicyclic) bond motifs is 4. The SMILES string of the molecule is CC(C)(C)c1ccc2c(c1)C(=O)CS2(=O)=O.CC(C)(C)c1ccc2ccccc2n1.CC(C)(C)c1ccc2ncccc2c1.CC(C)(C)c1ccccc1.CC(C)(C)c1ccccn1.CC(C)(C)c1cccnc1.CC(C)(C)c1ccncc1.CC(C)(C)c1ccncn1.CC(C)(C)c1cnc2ccccc2n1.CC(C)(C)c1cnccn1.CC(C)(C)c1cncnc1.CC(C)(C)c1ncccn1. The molecule has 10 aromatic heterocycles. The zero-order chi connectivity index (χ0) is 104. The molecule has 0 aliphatic carbocycles. The van der Waals surface area contributed by atoms with E-state index in [2.05, 4.69) is 406 Å². The number of hydrogen-bond acceptors (Lipinski definition) is 18. The van der Waals surface area contributed by atoms with Crippen LogP contribution in [0.1, 0.15) is 327 Å². The van der Waals surface area contributed by atoms with Crippen molar-refractivity contribution in [3.8, 4) is 0 Å². The zero-order valence-electron chi connectivity index (χ0n) is 89.8. The van der Waals surface area contributed by atoms with Crippen LogP contribution in [0.15, 0.2) is 305 Å². The van der Waals surface area contributed by atoms with Gasteiger partial charge in [-0.3, -0.25) is 44.7 Å². The number of rotatable bonds is 0. The second kappa shape index (κ2) is 50.8. The fourth-order valence-electron chi connectivity index (χ4n) is 12.4. The number of ketones is 1. The summed E-state index contributed by atoms with van der Waals surface area (Å²) in [6.07, 6.45) is 30.3. The standard InChI is InChI=1S/2C13H15N.C12H14N2.C12H14O3S.C10H14.3C9H13N.4C8H12N2/c1-13(2,3)11-6-7-12-10(9-11)5-4-8-14-12;1-13(2,3)12-9-8-10-6-4-5-7-11(10)14-12;1-12(2,3)11-8-13-9-6-4-5-7-10(9)14-11;1-12(2,3)8-4-5-11-9(6-8)10(13)7-16(11,14)15;1-10(2,3)9-7-5-4-6-8-9;1-9(2,3)8-4-6-10-7-5-8;1-9(2,3)8-5-4-6-10-7-8;1-9(2,3)8-6-4-5-7-10-8;1-8(2,3)7-4-9-6-10-5-7;1-8(2,3)7-6-9-4-5-10-7;1-8(2,3)7-4-5-9-6-10-7;1-8(2,3)7-9-5-4-6-10-7/h2*4-9H,1-3H3;4-8H,1-3H3;4-6H,7H2,1-3H3;4-8H,1-3H3;3*4-7H,1-3H3;4*4-6H,1-3H3. The Hall–Kier alpha value is -12.4. The van der Waals surface area contributed by atoms with Gasteiger partial charge in [0.25, 0.3) is 0 Å². The first-order chi connectivity index (χ1) is 63.8. The summed E-state index contributed by atoms with van der Waals surface area (Å²) < 4.78 is 23.2. The van der Waals surface area contributed by atoms with Crippen molar-refractivity contribution in [3.63, 3.8) is 0 Å². The number of nitrogens with zero attached hydrogens (tertiary/aromatic N) is 15. The van der Waals surface area contributed by atoms with Crippen LogP contribution in [0.2, 0.25) is 0 Å². The van der Waals surface area contributed by atoms with Gasteiger partial charge in [0, 0.05) is 159 Å². The van der Waals surface area contributed by atoms with Crippen molar-refractivity contribution in [1.29, 1.82) is 0 Å². The Morgan fingerprint density at radius 1 is 0.225 bits per heavy atom. The second-order valence-electron chi connectivity index (χ2n) is 46.4. The summed E-state index contributed by atoms with van der Waals surface area (Å²) >= 11 is 0. The van der Waals surface area contributed by atoms with E-state index in [0.717, 1.165) is 61.9 Å². The Balaban J connectivity index is 0.000000267. The van der Waals surface area contributed by atoms with Gasteiger partial charge in [-0.15, -0.1) is 0 Å². The van der Waals surface area contributed by atoms with E-state index in [1.807, 2.05) is 143 Å². The van der Waals surface area contributed by atoms with E-state index in [4.69, 9.17) is 0 Å². The van der Waals surface area contributed by atoms with Gasteiger partial charge in [0.1, 0.15) is 24.2 Å². The molecule has 1 aliphatic rings. The van der Waals surface area contributed by atoms with Crippen LogP contribution in [0.4, 0.5) is 0 Å². The minimum absolute atomic E-state index is 0.0665. The van der Waals surface area contributed by atoms with E-state index in [9.17, 15) is 13.2 Å². The number of pyridine rings is 5. The largest absolute Gasteiger partial charge is 0.293 e. The van der Waals surface area contributed by atoms with Crippen LogP contribution in [0.3, 0.4) is 0 Å². The van der Waals surface area contributed by atoms with Crippen LogP contribution in [-0.2, 0) is 74.8 Å². The van der Waals surface area contributed by atoms with Crippen LogP contribution >= 0.6 is 0 Å². The third-order valence-electron chi connectivity index (χ3n) is 21.3. The average molecular weight is 1880 g/mol. The van der Waals surface area contributed by atoms with E-state index in [0.29, 0.717) is 11.0 Å². The summed E-state index contributed by atoms with van der Waals surface area (Å²) in [4.78, 5) is 74.3. The monoisotopic (exact) mass is 1880 g/mol. The molecule has 734 valence electrons. The molecule has 0 saturated heterocycles. The second-order valence-corrected chi connectivity index (χ2v) is 48.3. The Bertz CT molecular complexity index is 5410. The molecular weight excluding hydrogens is 1720 g/mol. The van der Waals surface area contributed by atoms with Gasteiger partial charge in [-0.1, -0.05) is 346 Å². The highest BCUT2D eigenvalue weighted by molar-refractivity contribution is 7.92. The number of aromatic nitrogens is 15. The van der Waals surface area contributed by atoms with Gasteiger partial charge in [-0.2, -0.15) is 0 Å². The maximum Gasteiger partial charge on any atom is 0.186 e. The number of sulfone groups is 1. The summed E-state index contributed by atoms with van der Waals surface area (Å²) in [6.45, 7) is 77.6. The number of benzene rings is 5. The van der Waals surface area contributed by atoms with Crippen LogP contribution in [0, 0.1) is 0 Å². The molecule has 5 aromatic carbocycles. The highest BCUT2D eigenvalue weighted by atomic mass is 32.2. The normalized spacial score (nSPS) is 12.4. The fourth-order valence-corrected chi connectivity index (χ4v) is 13.8. The topological polar surface area (TPSA) is 245 Å². The summed E-state index contributed by atoms with van der Waals surface area (Å²) in [5.74, 6) is 0.228. The lowest BCUT2D eigenvalue weighted by Gasteiger charge is -2.19. The van der Waals surface area contributed by atoms with Crippen molar-refractivity contribution in [3.05, 3.63) is 373 Å². The summed E-state index contributed by atoms with van der Waals surface area (Å²) in [7, 11) is -3.37. The van der Waals surface area contributed by atoms with Gasteiger partial charge in [0.2, 0.25) is 0 Å². The Labute approximate surface area is 828 Å². The minimum Gasteiger partial charge on any atom is -0.293 e. The average Bonchev–Trinajstić information content (AvgIpc) is 1.65. The van der Waals surface area contributed by atoms with E-state index in [-0.39, 0.29) is 76.0 Å². The zero-order valence-corrected chi connectivity index (χ0v) is 90.7. The summed E-state index contributed by atoms with van der Waals surface area (Å²) in [5.41, 5.74) is 19.2.